The molecule has 158 valence electrons. The van der Waals surface area contributed by atoms with Crippen LogP contribution in [0.5, 0.6) is 5.75 Å². The zero-order valence-electron chi connectivity index (χ0n) is 15.9. The number of halogens is 1. The van der Waals surface area contributed by atoms with Crippen LogP contribution >= 0.6 is 22.6 Å². The van der Waals surface area contributed by atoms with Crippen molar-refractivity contribution in [2.24, 2.45) is 14.1 Å². The molecule has 29 heavy (non-hydrogen) atoms. The summed E-state index contributed by atoms with van der Waals surface area (Å²) in [5, 5.41) is 20.9. The molecule has 0 radical (unpaired) electrons. The normalized spacial score (nSPS) is 11.8. The van der Waals surface area contributed by atoms with Crippen molar-refractivity contribution in [3.8, 4) is 5.75 Å². The van der Waals surface area contributed by atoms with Crippen molar-refractivity contribution in [2.75, 3.05) is 18.5 Å². The predicted octanol–water partition coefficient (Wildman–Crippen LogP) is 0.114. The summed E-state index contributed by atoms with van der Waals surface area (Å²) >= 11 is 2.16. The first-order valence-electron chi connectivity index (χ1n) is 8.37. The van der Waals surface area contributed by atoms with Gasteiger partial charge in [0, 0.05) is 23.4 Å². The molecule has 0 aliphatic carbocycles. The lowest BCUT2D eigenvalue weighted by atomic mass is 10.2. The molecule has 1 amide bonds. The number of anilines is 2. The Kier molecular flexibility index (Phi) is 7.78. The van der Waals surface area contributed by atoms with Crippen molar-refractivity contribution in [3.05, 3.63) is 48.2 Å². The zero-order valence-corrected chi connectivity index (χ0v) is 18.1. The zero-order chi connectivity index (χ0) is 21.7. The van der Waals surface area contributed by atoms with E-state index in [1.165, 1.54) is 14.1 Å². The van der Waals surface area contributed by atoms with Crippen LogP contribution in [0.3, 0.4) is 0 Å². The molecule has 0 spiro atoms. The van der Waals surface area contributed by atoms with Crippen molar-refractivity contribution in [3.63, 3.8) is 0 Å². The van der Waals surface area contributed by atoms with Gasteiger partial charge in [-0.25, -0.2) is 9.59 Å². The van der Waals surface area contributed by atoms with Gasteiger partial charge in [-0.05, 0) is 53.3 Å². The fourth-order valence-corrected chi connectivity index (χ4v) is 2.95. The number of hydrogen-bond acceptors (Lipinski definition) is 8. The van der Waals surface area contributed by atoms with Gasteiger partial charge in [0.1, 0.15) is 12.7 Å². The van der Waals surface area contributed by atoms with E-state index in [1.54, 1.807) is 6.07 Å². The maximum absolute atomic E-state index is 12.5. The molecule has 0 saturated carbocycles. The molecule has 2 aromatic rings. The van der Waals surface area contributed by atoms with E-state index >= 15 is 0 Å². The van der Waals surface area contributed by atoms with Gasteiger partial charge in [-0.15, -0.1) is 0 Å². The molecular weight excluding hydrogens is 499 g/mol. The van der Waals surface area contributed by atoms with Gasteiger partial charge >= 0.3 is 17.3 Å². The summed E-state index contributed by atoms with van der Waals surface area (Å²) in [7, 11) is 2.68. The molecule has 0 aliphatic rings. The largest absolute Gasteiger partial charge is 0.437 e. The van der Waals surface area contributed by atoms with E-state index in [0.717, 1.165) is 18.3 Å². The second-order valence-corrected chi connectivity index (χ2v) is 7.35. The third-order valence-corrected chi connectivity index (χ3v) is 4.57. The fraction of sp³-hybridized carbons (Fsp3) is 0.353. The molecule has 2 rings (SSSR count). The van der Waals surface area contributed by atoms with E-state index in [0.29, 0.717) is 5.69 Å². The molecule has 1 aromatic carbocycles. The molecule has 0 fully saturated rings. The number of aryl methyl sites for hydroxylation is 1. The average molecular weight is 520 g/mol. The summed E-state index contributed by atoms with van der Waals surface area (Å²) in [5.41, 5.74) is 1.91. The highest BCUT2D eigenvalue weighted by molar-refractivity contribution is 14.1. The number of carbonyl (C=O) groups excluding carboxylic acids is 1. The van der Waals surface area contributed by atoms with Gasteiger partial charge in [-0.1, -0.05) is 0 Å². The minimum atomic E-state index is -1.19. The highest BCUT2D eigenvalue weighted by Crippen LogP contribution is 2.26. The molecule has 1 atom stereocenters. The number of nitrogens with one attached hydrogen (secondary N) is 2. The fourth-order valence-electron chi connectivity index (χ4n) is 2.30. The lowest BCUT2D eigenvalue weighted by Crippen LogP contribution is -2.40. The van der Waals surface area contributed by atoms with Gasteiger partial charge < -0.3 is 20.3 Å². The minimum absolute atomic E-state index is 0.0204. The monoisotopic (exact) mass is 520 g/mol. The number of rotatable bonds is 7. The van der Waals surface area contributed by atoms with Gasteiger partial charge in [0.2, 0.25) is 5.75 Å². The SMILES string of the molecule is Cc1cc(I)ccc1Nc1c(OC(=O)NOC[C@H](O)CO)c(=O)n(C)c(=O)n1C. The Labute approximate surface area is 179 Å². The van der Waals surface area contributed by atoms with Crippen LogP contribution in [-0.4, -0.2) is 44.8 Å². The Morgan fingerprint density at radius 3 is 2.59 bits per heavy atom. The first-order chi connectivity index (χ1) is 13.6. The molecule has 1 aromatic heterocycles. The Bertz CT molecular complexity index is 1020. The highest BCUT2D eigenvalue weighted by atomic mass is 127. The van der Waals surface area contributed by atoms with Crippen LogP contribution in [0.1, 0.15) is 5.56 Å². The molecule has 0 bridgehead atoms. The Morgan fingerprint density at radius 2 is 1.97 bits per heavy atom. The van der Waals surface area contributed by atoms with Crippen molar-refractivity contribution in [1.82, 2.24) is 14.6 Å². The summed E-state index contributed by atoms with van der Waals surface area (Å²) in [6, 6.07) is 5.50. The van der Waals surface area contributed by atoms with Gasteiger partial charge in [-0.3, -0.25) is 18.8 Å². The Morgan fingerprint density at radius 1 is 1.28 bits per heavy atom. The molecule has 12 heteroatoms. The van der Waals surface area contributed by atoms with Crippen LogP contribution in [0.2, 0.25) is 0 Å². The third kappa shape index (κ3) is 5.56. The average Bonchev–Trinajstić information content (AvgIpc) is 2.68. The molecule has 0 aliphatic heterocycles. The van der Waals surface area contributed by atoms with E-state index < -0.39 is 35.8 Å². The molecule has 11 nitrogen and oxygen atoms in total. The number of hydrogen-bond donors (Lipinski definition) is 4. The first kappa shape index (κ1) is 22.9. The Hall–Kier alpha value is -2.42. The minimum Gasteiger partial charge on any atom is -0.399 e. The number of carbonyl (C=O) groups is 1. The summed E-state index contributed by atoms with van der Waals surface area (Å²) in [6.07, 6.45) is -2.34. The van der Waals surface area contributed by atoms with Crippen molar-refractivity contribution in [1.29, 1.82) is 0 Å². The number of aliphatic hydroxyl groups is 2. The number of aliphatic hydroxyl groups excluding tert-OH is 2. The van der Waals surface area contributed by atoms with Crippen molar-refractivity contribution in [2.45, 2.75) is 13.0 Å². The van der Waals surface area contributed by atoms with Crippen molar-refractivity contribution >= 4 is 40.2 Å². The molecule has 0 saturated heterocycles. The lowest BCUT2D eigenvalue weighted by Gasteiger charge is -2.17. The second kappa shape index (κ2) is 9.87. The van der Waals surface area contributed by atoms with Gasteiger partial charge in [0.25, 0.3) is 0 Å². The van der Waals surface area contributed by atoms with E-state index in [2.05, 4.69) is 27.9 Å². The van der Waals surface area contributed by atoms with Crippen LogP contribution in [0.25, 0.3) is 0 Å². The number of amides is 1. The molecule has 1 heterocycles. The van der Waals surface area contributed by atoms with Crippen LogP contribution in [0.15, 0.2) is 27.8 Å². The number of aromatic nitrogens is 2. The van der Waals surface area contributed by atoms with Gasteiger partial charge in [-0.2, -0.15) is 5.48 Å². The number of ether oxygens (including phenoxy) is 1. The summed E-state index contributed by atoms with van der Waals surface area (Å²) in [5.74, 6) is -0.440. The van der Waals surface area contributed by atoms with Crippen LogP contribution in [-0.2, 0) is 18.9 Å². The quantitative estimate of drug-likeness (QED) is 0.298. The number of benzene rings is 1. The first-order valence-corrected chi connectivity index (χ1v) is 9.45. The maximum Gasteiger partial charge on any atom is 0.437 e. The van der Waals surface area contributed by atoms with Gasteiger partial charge in [0.05, 0.1) is 6.61 Å². The highest BCUT2D eigenvalue weighted by Gasteiger charge is 2.21. The second-order valence-electron chi connectivity index (χ2n) is 6.11. The van der Waals surface area contributed by atoms with Crippen LogP contribution in [0, 0.1) is 10.5 Å². The van der Waals surface area contributed by atoms with Gasteiger partial charge in [0.15, 0.2) is 5.82 Å². The van der Waals surface area contributed by atoms with E-state index in [-0.39, 0.29) is 12.4 Å². The Balaban J connectivity index is 2.36. The molecular formula is C17H21IN4O7. The summed E-state index contributed by atoms with van der Waals surface area (Å²) < 4.78 is 8.00. The topological polar surface area (TPSA) is 144 Å². The standard InChI is InChI=1S/C17H21IN4O7/c1-9-6-10(18)4-5-12(9)19-14-13(15(25)22(3)17(27)21(14)2)29-16(26)20-28-8-11(24)7-23/h4-6,11,19,23-24H,7-8H2,1-3H3,(H,20,26)/t11-/m1/s1. The predicted molar refractivity (Wildman–Crippen MR) is 112 cm³/mol. The molecule has 4 N–H and O–H groups in total. The smallest absolute Gasteiger partial charge is 0.399 e. The third-order valence-electron chi connectivity index (χ3n) is 3.90. The van der Waals surface area contributed by atoms with Crippen molar-refractivity contribution < 1.29 is 24.6 Å². The van der Waals surface area contributed by atoms with E-state index in [1.807, 2.05) is 24.5 Å². The maximum atomic E-state index is 12.5. The summed E-state index contributed by atoms with van der Waals surface area (Å²) in [6.45, 7) is 0.905. The van der Waals surface area contributed by atoms with E-state index in [9.17, 15) is 19.5 Å². The number of hydroxylamine groups is 1. The van der Waals surface area contributed by atoms with Crippen LogP contribution in [0.4, 0.5) is 16.3 Å². The van der Waals surface area contributed by atoms with Crippen LogP contribution < -0.4 is 26.8 Å². The lowest BCUT2D eigenvalue weighted by molar-refractivity contribution is -0.0291. The summed E-state index contributed by atoms with van der Waals surface area (Å²) in [4.78, 5) is 41.5. The number of nitrogens with zero attached hydrogens (tertiary/aromatic N) is 2. The molecule has 0 unspecified atom stereocenters. The van der Waals surface area contributed by atoms with E-state index in [4.69, 9.17) is 14.7 Å².